The van der Waals surface area contributed by atoms with Crippen LogP contribution < -0.4 is 4.74 Å². The summed E-state index contributed by atoms with van der Waals surface area (Å²) in [6, 6.07) is 3.56. The number of aromatic carboxylic acids is 1. The molecule has 2 aliphatic rings. The SMILES string of the molecule is CN(C1CC(Oc2ccc(C(=O)O)nc2)C1)C(C)(C)C1CCN(C(=O)OC(C)(C)C)CC1. The van der Waals surface area contributed by atoms with E-state index >= 15 is 0 Å². The maximum atomic E-state index is 12.4. The number of likely N-dealkylation sites (tertiary alicyclic amines) is 1. The summed E-state index contributed by atoms with van der Waals surface area (Å²) in [5, 5.41) is 8.95. The molecule has 0 atom stereocenters. The molecule has 2 heterocycles. The Bertz CT molecular complexity index is 804. The highest BCUT2D eigenvalue weighted by Crippen LogP contribution is 2.38. The third-order valence-corrected chi connectivity index (χ3v) is 6.93. The average molecular weight is 448 g/mol. The van der Waals surface area contributed by atoms with Crippen molar-refractivity contribution in [1.29, 1.82) is 0 Å². The molecule has 8 heteroatoms. The topological polar surface area (TPSA) is 92.2 Å². The molecular weight excluding hydrogens is 410 g/mol. The number of carbonyl (C=O) groups is 2. The van der Waals surface area contributed by atoms with Crippen LogP contribution in [0.3, 0.4) is 0 Å². The number of aromatic nitrogens is 1. The van der Waals surface area contributed by atoms with Gasteiger partial charge in [0.2, 0.25) is 0 Å². The number of nitrogens with zero attached hydrogens (tertiary/aromatic N) is 3. The molecule has 0 bridgehead atoms. The fraction of sp³-hybridized carbons (Fsp3) is 0.708. The van der Waals surface area contributed by atoms with Crippen molar-refractivity contribution < 1.29 is 24.2 Å². The Morgan fingerprint density at radius 2 is 1.75 bits per heavy atom. The Balaban J connectivity index is 1.46. The van der Waals surface area contributed by atoms with Gasteiger partial charge in [0.1, 0.15) is 23.1 Å². The highest BCUT2D eigenvalue weighted by molar-refractivity contribution is 5.85. The van der Waals surface area contributed by atoms with E-state index < -0.39 is 11.6 Å². The molecule has 0 radical (unpaired) electrons. The van der Waals surface area contributed by atoms with Gasteiger partial charge in [-0.15, -0.1) is 0 Å². The zero-order chi connectivity index (χ0) is 23.7. The molecule has 2 fully saturated rings. The maximum absolute atomic E-state index is 12.4. The van der Waals surface area contributed by atoms with Crippen molar-refractivity contribution in [3.63, 3.8) is 0 Å². The van der Waals surface area contributed by atoms with Gasteiger partial charge in [0, 0.05) is 37.5 Å². The number of amides is 1. The Morgan fingerprint density at radius 1 is 1.12 bits per heavy atom. The van der Waals surface area contributed by atoms with E-state index in [1.807, 2.05) is 25.7 Å². The van der Waals surface area contributed by atoms with Crippen molar-refractivity contribution >= 4 is 12.1 Å². The minimum absolute atomic E-state index is 0.0142. The molecule has 0 unspecified atom stereocenters. The number of carboxylic acids is 1. The number of ether oxygens (including phenoxy) is 2. The summed E-state index contributed by atoms with van der Waals surface area (Å²) in [7, 11) is 2.18. The van der Waals surface area contributed by atoms with Crippen molar-refractivity contribution in [2.75, 3.05) is 20.1 Å². The van der Waals surface area contributed by atoms with Gasteiger partial charge in [0.05, 0.1) is 6.20 Å². The lowest BCUT2D eigenvalue weighted by Gasteiger charge is -2.52. The lowest BCUT2D eigenvalue weighted by Crippen LogP contribution is -2.59. The molecule has 0 aromatic carbocycles. The number of carboxylic acid groups (broad SMARTS) is 1. The summed E-state index contributed by atoms with van der Waals surface area (Å²) in [4.78, 5) is 31.5. The van der Waals surface area contributed by atoms with Crippen LogP contribution in [0.15, 0.2) is 18.3 Å². The summed E-state index contributed by atoms with van der Waals surface area (Å²) < 4.78 is 11.5. The molecule has 1 aliphatic carbocycles. The number of hydrogen-bond donors (Lipinski definition) is 1. The molecule has 1 N–H and O–H groups in total. The molecule has 1 aromatic heterocycles. The van der Waals surface area contributed by atoms with Gasteiger partial charge < -0.3 is 19.5 Å². The standard InChI is InChI=1S/C24H37N3O5/c1-23(2,3)32-22(30)27-11-9-16(10-12-27)24(4,5)26(6)17-13-19(14-17)31-18-7-8-20(21(28)29)25-15-18/h7-8,15-17,19H,9-14H2,1-6H3,(H,28,29). The Labute approximate surface area is 190 Å². The Morgan fingerprint density at radius 3 is 2.25 bits per heavy atom. The van der Waals surface area contributed by atoms with Gasteiger partial charge in [-0.2, -0.15) is 0 Å². The summed E-state index contributed by atoms with van der Waals surface area (Å²) in [6.45, 7) is 11.7. The van der Waals surface area contributed by atoms with Crippen molar-refractivity contribution in [2.45, 2.75) is 83.6 Å². The molecule has 1 amide bonds. The van der Waals surface area contributed by atoms with Crippen molar-refractivity contribution in [1.82, 2.24) is 14.8 Å². The molecule has 32 heavy (non-hydrogen) atoms. The molecule has 3 rings (SSSR count). The first-order chi connectivity index (χ1) is 14.9. The maximum Gasteiger partial charge on any atom is 0.410 e. The van der Waals surface area contributed by atoms with Crippen LogP contribution >= 0.6 is 0 Å². The lowest BCUT2D eigenvalue weighted by atomic mass is 9.76. The van der Waals surface area contributed by atoms with Crippen molar-refractivity contribution in [3.8, 4) is 5.75 Å². The van der Waals surface area contributed by atoms with Crippen LogP contribution in [0.1, 0.15) is 70.8 Å². The second-order valence-corrected chi connectivity index (χ2v) is 10.6. The van der Waals surface area contributed by atoms with Crippen molar-refractivity contribution in [3.05, 3.63) is 24.0 Å². The van der Waals surface area contributed by atoms with E-state index in [0.29, 0.717) is 17.7 Å². The summed E-state index contributed by atoms with van der Waals surface area (Å²) >= 11 is 0. The van der Waals surface area contributed by atoms with Crippen molar-refractivity contribution in [2.24, 2.45) is 5.92 Å². The van der Waals surface area contributed by atoms with Gasteiger partial charge in [0.25, 0.3) is 0 Å². The van der Waals surface area contributed by atoms with E-state index in [0.717, 1.165) is 38.8 Å². The van der Waals surface area contributed by atoms with Gasteiger partial charge >= 0.3 is 12.1 Å². The number of pyridine rings is 1. The van der Waals surface area contributed by atoms with E-state index in [-0.39, 0.29) is 23.4 Å². The van der Waals surface area contributed by atoms with Gasteiger partial charge in [0.15, 0.2) is 0 Å². The van der Waals surface area contributed by atoms with Crippen LogP contribution in [0.4, 0.5) is 4.79 Å². The fourth-order valence-corrected chi connectivity index (χ4v) is 4.57. The van der Waals surface area contributed by atoms with E-state index in [2.05, 4.69) is 30.8 Å². The van der Waals surface area contributed by atoms with E-state index in [4.69, 9.17) is 14.6 Å². The second-order valence-electron chi connectivity index (χ2n) is 10.6. The average Bonchev–Trinajstić information content (AvgIpc) is 2.69. The largest absolute Gasteiger partial charge is 0.489 e. The third kappa shape index (κ3) is 5.71. The van der Waals surface area contributed by atoms with Crippen LogP contribution in [0.25, 0.3) is 0 Å². The molecule has 178 valence electrons. The van der Waals surface area contributed by atoms with Crippen LogP contribution in [-0.4, -0.2) is 75.4 Å². The van der Waals surface area contributed by atoms with E-state index in [1.54, 1.807) is 6.07 Å². The number of rotatable bonds is 6. The molecule has 1 saturated heterocycles. The highest BCUT2D eigenvalue weighted by atomic mass is 16.6. The molecular formula is C24H37N3O5. The molecule has 1 aromatic rings. The molecule has 0 spiro atoms. The minimum Gasteiger partial charge on any atom is -0.489 e. The highest BCUT2D eigenvalue weighted by Gasteiger charge is 2.43. The second kappa shape index (κ2) is 9.25. The van der Waals surface area contributed by atoms with Gasteiger partial charge in [-0.05, 0) is 72.6 Å². The summed E-state index contributed by atoms with van der Waals surface area (Å²) in [5.41, 5.74) is -0.437. The first-order valence-electron chi connectivity index (χ1n) is 11.4. The Hall–Kier alpha value is -2.35. The van der Waals surface area contributed by atoms with Crippen LogP contribution in [-0.2, 0) is 4.74 Å². The zero-order valence-electron chi connectivity index (χ0n) is 20.1. The molecule has 1 aliphatic heterocycles. The quantitative estimate of drug-likeness (QED) is 0.703. The van der Waals surface area contributed by atoms with Gasteiger partial charge in [-0.25, -0.2) is 14.6 Å². The summed E-state index contributed by atoms with van der Waals surface area (Å²) in [6.07, 6.45) is 5.16. The number of piperidine rings is 1. The van der Waals surface area contributed by atoms with E-state index in [1.165, 1.54) is 12.3 Å². The van der Waals surface area contributed by atoms with Crippen LogP contribution in [0.5, 0.6) is 5.75 Å². The van der Waals surface area contributed by atoms with Crippen LogP contribution in [0, 0.1) is 5.92 Å². The normalized spacial score (nSPS) is 22.4. The molecule has 1 saturated carbocycles. The Kier molecular flexibility index (Phi) is 7.03. The minimum atomic E-state index is -1.04. The number of carbonyl (C=O) groups excluding carboxylic acids is 1. The summed E-state index contributed by atoms with van der Waals surface area (Å²) in [5.74, 6) is 0.0647. The van der Waals surface area contributed by atoms with Gasteiger partial charge in [-0.3, -0.25) is 4.90 Å². The first-order valence-corrected chi connectivity index (χ1v) is 11.4. The zero-order valence-corrected chi connectivity index (χ0v) is 20.1. The number of hydrogen-bond acceptors (Lipinski definition) is 6. The fourth-order valence-electron chi connectivity index (χ4n) is 4.57. The lowest BCUT2D eigenvalue weighted by molar-refractivity contribution is -0.0481. The van der Waals surface area contributed by atoms with E-state index in [9.17, 15) is 9.59 Å². The first kappa shape index (κ1) is 24.3. The monoisotopic (exact) mass is 447 g/mol. The smallest absolute Gasteiger partial charge is 0.410 e. The predicted octanol–water partition coefficient (Wildman–Crippen LogP) is 4.05. The van der Waals surface area contributed by atoms with Gasteiger partial charge in [-0.1, -0.05) is 0 Å². The predicted molar refractivity (Wildman–Crippen MR) is 121 cm³/mol. The third-order valence-electron chi connectivity index (χ3n) is 6.93. The molecule has 8 nitrogen and oxygen atoms in total. The van der Waals surface area contributed by atoms with Crippen LogP contribution in [0.2, 0.25) is 0 Å².